The molecule has 5 heteroatoms. The van der Waals surface area contributed by atoms with Gasteiger partial charge in [0.1, 0.15) is 5.58 Å². The van der Waals surface area contributed by atoms with Crippen molar-refractivity contribution in [1.82, 2.24) is 9.80 Å². The van der Waals surface area contributed by atoms with Crippen LogP contribution in [0.1, 0.15) is 59.4 Å². The first-order valence-electron chi connectivity index (χ1n) is 12.8. The van der Waals surface area contributed by atoms with Gasteiger partial charge in [0.2, 0.25) is 0 Å². The summed E-state index contributed by atoms with van der Waals surface area (Å²) in [5.74, 6) is 1.78. The number of hydrogen-bond acceptors (Lipinski definition) is 4. The van der Waals surface area contributed by atoms with Gasteiger partial charge in [-0.3, -0.25) is 9.59 Å². The van der Waals surface area contributed by atoms with Crippen LogP contribution in [0, 0.1) is 11.8 Å². The van der Waals surface area contributed by atoms with Crippen molar-refractivity contribution >= 4 is 22.7 Å². The lowest BCUT2D eigenvalue weighted by atomic mass is 9.76. The highest BCUT2D eigenvalue weighted by atomic mass is 16.3. The lowest BCUT2D eigenvalue weighted by Gasteiger charge is -2.44. The molecular weight excluding hydrogens is 424 g/mol. The molecule has 3 aromatic rings. The Kier molecular flexibility index (Phi) is 5.74. The number of furan rings is 1. The highest BCUT2D eigenvalue weighted by molar-refractivity contribution is 6.02. The summed E-state index contributed by atoms with van der Waals surface area (Å²) < 4.78 is 6.20. The molecule has 1 aromatic heterocycles. The van der Waals surface area contributed by atoms with Crippen LogP contribution in [0.3, 0.4) is 0 Å². The van der Waals surface area contributed by atoms with Gasteiger partial charge in [-0.15, -0.1) is 0 Å². The standard InChI is InChI=1S/C29H32N2O3/c32-26(17-24-19-30-14-10-20(24)11-15-30)27-18-22-7-5-9-25(28(22)34-27)21-6-4-8-23(16-21)29(33)31-12-2-1-3-13-31/h4-9,16,18,20,24H,1-3,10-15,17,19H2/t24-/m0/s1. The number of benzene rings is 2. The maximum absolute atomic E-state index is 13.2. The number of likely N-dealkylation sites (tertiary alicyclic amines) is 1. The van der Waals surface area contributed by atoms with E-state index in [1.807, 2.05) is 53.4 Å². The Morgan fingerprint density at radius 2 is 1.71 bits per heavy atom. The minimum absolute atomic E-state index is 0.0987. The topological polar surface area (TPSA) is 53.8 Å². The van der Waals surface area contributed by atoms with Crippen LogP contribution in [-0.4, -0.2) is 54.2 Å². The van der Waals surface area contributed by atoms with E-state index in [9.17, 15) is 9.59 Å². The fourth-order valence-corrected chi connectivity index (χ4v) is 6.18. The van der Waals surface area contributed by atoms with Crippen molar-refractivity contribution in [1.29, 1.82) is 0 Å². The van der Waals surface area contributed by atoms with E-state index in [0.29, 0.717) is 29.6 Å². The molecule has 0 spiro atoms. The Balaban J connectivity index is 1.26. The Labute approximate surface area is 200 Å². The fraction of sp³-hybridized carbons (Fsp3) is 0.448. The summed E-state index contributed by atoms with van der Waals surface area (Å²) in [6.45, 7) is 5.08. The summed E-state index contributed by atoms with van der Waals surface area (Å²) in [7, 11) is 0. The van der Waals surface area contributed by atoms with Gasteiger partial charge < -0.3 is 14.2 Å². The van der Waals surface area contributed by atoms with Crippen LogP contribution >= 0.6 is 0 Å². The number of rotatable bonds is 5. The van der Waals surface area contributed by atoms with Gasteiger partial charge in [-0.25, -0.2) is 0 Å². The van der Waals surface area contributed by atoms with E-state index in [2.05, 4.69) is 4.90 Å². The largest absolute Gasteiger partial charge is 0.452 e. The zero-order valence-electron chi connectivity index (χ0n) is 19.7. The van der Waals surface area contributed by atoms with Crippen molar-refractivity contribution < 1.29 is 14.0 Å². The van der Waals surface area contributed by atoms with Crippen LogP contribution in [0.5, 0.6) is 0 Å². The Hall–Kier alpha value is -2.92. The van der Waals surface area contributed by atoms with Crippen LogP contribution < -0.4 is 0 Å². The van der Waals surface area contributed by atoms with Crippen LogP contribution in [0.25, 0.3) is 22.1 Å². The average molecular weight is 457 g/mol. The summed E-state index contributed by atoms with van der Waals surface area (Å²) in [5, 5.41) is 0.933. The number of Topliss-reactive ketones (excluding diaryl/α,β-unsaturated/α-hetero) is 1. The molecule has 2 bridgehead atoms. The van der Waals surface area contributed by atoms with Gasteiger partial charge in [0, 0.05) is 42.6 Å². The number of carbonyl (C=O) groups excluding carboxylic acids is 2. The number of fused-ring (bicyclic) bond motifs is 4. The Morgan fingerprint density at radius 1 is 0.912 bits per heavy atom. The van der Waals surface area contributed by atoms with Gasteiger partial charge >= 0.3 is 0 Å². The molecule has 4 aliphatic heterocycles. The molecule has 1 amide bonds. The molecule has 0 N–H and O–H groups in total. The van der Waals surface area contributed by atoms with Crippen molar-refractivity contribution in [2.24, 2.45) is 11.8 Å². The lowest BCUT2D eigenvalue weighted by Crippen LogP contribution is -2.47. The third-order valence-corrected chi connectivity index (χ3v) is 8.12. The highest BCUT2D eigenvalue weighted by Crippen LogP contribution is 2.36. The maximum atomic E-state index is 13.2. The molecule has 0 aliphatic carbocycles. The van der Waals surface area contributed by atoms with Crippen LogP contribution in [0.2, 0.25) is 0 Å². The number of piperidine rings is 4. The average Bonchev–Trinajstić information content (AvgIpc) is 3.34. The molecule has 176 valence electrons. The molecule has 34 heavy (non-hydrogen) atoms. The van der Waals surface area contributed by atoms with Crippen molar-refractivity contribution in [3.63, 3.8) is 0 Å². The molecule has 5 heterocycles. The van der Waals surface area contributed by atoms with E-state index in [1.165, 1.54) is 32.4 Å². The normalized spacial score (nSPS) is 24.5. The molecular formula is C29H32N2O3. The summed E-state index contributed by atoms with van der Waals surface area (Å²) in [5.41, 5.74) is 3.30. The molecule has 0 saturated carbocycles. The summed E-state index contributed by atoms with van der Waals surface area (Å²) in [6, 6.07) is 15.7. The van der Waals surface area contributed by atoms with E-state index in [1.54, 1.807) is 0 Å². The second-order valence-electron chi connectivity index (χ2n) is 10.3. The van der Waals surface area contributed by atoms with Gasteiger partial charge in [0.05, 0.1) is 0 Å². The smallest absolute Gasteiger partial charge is 0.253 e. The van der Waals surface area contributed by atoms with Gasteiger partial charge in [-0.1, -0.05) is 30.3 Å². The summed E-state index contributed by atoms with van der Waals surface area (Å²) in [6.07, 6.45) is 6.35. The van der Waals surface area contributed by atoms with Gasteiger partial charge in [0.15, 0.2) is 11.5 Å². The van der Waals surface area contributed by atoms with E-state index in [-0.39, 0.29) is 11.7 Å². The second-order valence-corrected chi connectivity index (χ2v) is 10.3. The van der Waals surface area contributed by atoms with Crippen LogP contribution in [0.4, 0.5) is 0 Å². The SMILES string of the molecule is O=C(C[C@H]1CN2CCC1CC2)c1cc2cccc(-c3cccc(C(=O)N4CCCCC4)c3)c2o1. The number of amides is 1. The number of para-hydroxylation sites is 1. The third kappa shape index (κ3) is 4.07. The number of carbonyl (C=O) groups is 2. The van der Waals surface area contributed by atoms with E-state index in [4.69, 9.17) is 4.42 Å². The molecule has 5 nitrogen and oxygen atoms in total. The van der Waals surface area contributed by atoms with Crippen molar-refractivity contribution in [3.05, 3.63) is 59.9 Å². The van der Waals surface area contributed by atoms with Gasteiger partial charge in [-0.05, 0) is 80.8 Å². The van der Waals surface area contributed by atoms with Crippen LogP contribution in [0.15, 0.2) is 52.9 Å². The molecule has 4 saturated heterocycles. The molecule has 2 aromatic carbocycles. The predicted octanol–water partition coefficient (Wildman–Crippen LogP) is 5.64. The monoisotopic (exact) mass is 456 g/mol. The Morgan fingerprint density at radius 3 is 2.47 bits per heavy atom. The molecule has 0 unspecified atom stereocenters. The first kappa shape index (κ1) is 21.6. The second kappa shape index (κ2) is 9.03. The molecule has 4 fully saturated rings. The molecule has 7 rings (SSSR count). The first-order chi connectivity index (χ1) is 16.7. The zero-order chi connectivity index (χ0) is 23.1. The van der Waals surface area contributed by atoms with E-state index < -0.39 is 0 Å². The zero-order valence-corrected chi connectivity index (χ0v) is 19.7. The first-order valence-corrected chi connectivity index (χ1v) is 12.8. The summed E-state index contributed by atoms with van der Waals surface area (Å²) in [4.78, 5) is 30.7. The minimum atomic E-state index is 0.0987. The van der Waals surface area contributed by atoms with Crippen molar-refractivity contribution in [2.75, 3.05) is 32.7 Å². The number of ketones is 1. The van der Waals surface area contributed by atoms with Gasteiger partial charge in [-0.2, -0.15) is 0 Å². The maximum Gasteiger partial charge on any atom is 0.253 e. The molecule has 4 aliphatic rings. The number of hydrogen-bond donors (Lipinski definition) is 0. The van der Waals surface area contributed by atoms with Crippen molar-refractivity contribution in [2.45, 2.75) is 38.5 Å². The molecule has 0 radical (unpaired) electrons. The highest BCUT2D eigenvalue weighted by Gasteiger charge is 2.35. The van der Waals surface area contributed by atoms with E-state index >= 15 is 0 Å². The number of nitrogens with zero attached hydrogens (tertiary/aromatic N) is 2. The van der Waals surface area contributed by atoms with Crippen LogP contribution in [-0.2, 0) is 0 Å². The predicted molar refractivity (Wildman–Crippen MR) is 133 cm³/mol. The summed E-state index contributed by atoms with van der Waals surface area (Å²) >= 11 is 0. The lowest BCUT2D eigenvalue weighted by molar-refractivity contribution is 0.0433. The van der Waals surface area contributed by atoms with Crippen molar-refractivity contribution in [3.8, 4) is 11.1 Å². The third-order valence-electron chi connectivity index (χ3n) is 8.12. The fourth-order valence-electron chi connectivity index (χ4n) is 6.18. The van der Waals surface area contributed by atoms with Gasteiger partial charge in [0.25, 0.3) is 5.91 Å². The Bertz CT molecular complexity index is 1220. The quantitative estimate of drug-likeness (QED) is 0.466. The van der Waals surface area contributed by atoms with E-state index in [0.717, 1.165) is 54.6 Å². The molecule has 1 atom stereocenters. The minimum Gasteiger partial charge on any atom is -0.452 e.